The average Bonchev–Trinajstić information content (AvgIpc) is 2.93. The number of amides is 2. The van der Waals surface area contributed by atoms with Crippen LogP contribution in [-0.4, -0.2) is 34.6 Å². The normalized spacial score (nSPS) is 14.7. The Bertz CT molecular complexity index is 1070. The fourth-order valence-corrected chi connectivity index (χ4v) is 5.66. The number of thioether (sulfide) groups is 1. The van der Waals surface area contributed by atoms with Gasteiger partial charge >= 0.3 is 0 Å². The zero-order chi connectivity index (χ0) is 25.0. The summed E-state index contributed by atoms with van der Waals surface area (Å²) in [4.78, 5) is 30.4. The zero-order valence-electron chi connectivity index (χ0n) is 20.9. The van der Waals surface area contributed by atoms with Crippen molar-refractivity contribution in [2.75, 3.05) is 5.75 Å². The van der Waals surface area contributed by atoms with Gasteiger partial charge in [0.2, 0.25) is 11.8 Å². The van der Waals surface area contributed by atoms with Crippen LogP contribution >= 0.6 is 11.8 Å². The molecule has 5 heteroatoms. The third-order valence-corrected chi connectivity index (χ3v) is 7.76. The summed E-state index contributed by atoms with van der Waals surface area (Å²) in [7, 11) is 0. The number of carbonyl (C=O) groups is 2. The summed E-state index contributed by atoms with van der Waals surface area (Å²) in [5.74, 6) is 0.656. The van der Waals surface area contributed by atoms with Gasteiger partial charge in [0.15, 0.2) is 0 Å². The monoisotopic (exact) mass is 500 g/mol. The van der Waals surface area contributed by atoms with Gasteiger partial charge in [-0.2, -0.15) is 0 Å². The predicted octanol–water partition coefficient (Wildman–Crippen LogP) is 6.26. The van der Waals surface area contributed by atoms with Gasteiger partial charge in [0, 0.05) is 36.1 Å². The van der Waals surface area contributed by atoms with Crippen molar-refractivity contribution < 1.29 is 9.59 Å². The lowest BCUT2D eigenvalue weighted by atomic mass is 9.94. The number of benzene rings is 3. The summed E-state index contributed by atoms with van der Waals surface area (Å²) in [6.45, 7) is 0.422. The molecule has 2 amide bonds. The molecule has 3 aromatic rings. The van der Waals surface area contributed by atoms with Crippen LogP contribution in [0.5, 0.6) is 0 Å². The van der Waals surface area contributed by atoms with E-state index in [-0.39, 0.29) is 17.9 Å². The SMILES string of the molecule is O=C(NC1CCCCC1)[C@H](Cc1ccccc1)N(Cc1ccccc1)C(=O)CCSc1ccccc1. The van der Waals surface area contributed by atoms with Gasteiger partial charge in [-0.3, -0.25) is 9.59 Å². The van der Waals surface area contributed by atoms with E-state index >= 15 is 0 Å². The first-order chi connectivity index (χ1) is 17.7. The van der Waals surface area contributed by atoms with Gasteiger partial charge in [-0.05, 0) is 36.1 Å². The summed E-state index contributed by atoms with van der Waals surface area (Å²) in [5, 5.41) is 3.30. The second-order valence-electron chi connectivity index (χ2n) is 9.47. The summed E-state index contributed by atoms with van der Waals surface area (Å²) in [6.07, 6.45) is 6.46. The Morgan fingerprint density at radius 3 is 2.03 bits per heavy atom. The Morgan fingerprint density at radius 2 is 1.39 bits per heavy atom. The maximum Gasteiger partial charge on any atom is 0.243 e. The predicted molar refractivity (Wildman–Crippen MR) is 148 cm³/mol. The van der Waals surface area contributed by atoms with Gasteiger partial charge in [0.1, 0.15) is 6.04 Å². The van der Waals surface area contributed by atoms with Gasteiger partial charge < -0.3 is 10.2 Å². The molecule has 188 valence electrons. The molecule has 1 fully saturated rings. The minimum absolute atomic E-state index is 0.0157. The first-order valence-electron chi connectivity index (χ1n) is 13.0. The largest absolute Gasteiger partial charge is 0.352 e. The molecule has 0 aromatic heterocycles. The highest BCUT2D eigenvalue weighted by Gasteiger charge is 2.31. The fourth-order valence-electron chi connectivity index (χ4n) is 4.79. The highest BCUT2D eigenvalue weighted by molar-refractivity contribution is 7.99. The standard InChI is InChI=1S/C31H36N2O2S/c34-30(21-22-36-28-19-11-4-12-20-28)33(24-26-15-7-2-8-16-26)29(23-25-13-5-1-6-14-25)31(35)32-27-17-9-3-10-18-27/h1-2,4-8,11-16,19-20,27,29H,3,9-10,17-18,21-24H2,(H,32,35)/t29-/m0/s1. The first kappa shape index (κ1) is 26.0. The lowest BCUT2D eigenvalue weighted by molar-refractivity contribution is -0.141. The molecule has 36 heavy (non-hydrogen) atoms. The van der Waals surface area contributed by atoms with Crippen molar-refractivity contribution in [3.63, 3.8) is 0 Å². The molecule has 0 radical (unpaired) electrons. The van der Waals surface area contributed by atoms with Crippen LogP contribution < -0.4 is 5.32 Å². The van der Waals surface area contributed by atoms with Crippen molar-refractivity contribution >= 4 is 23.6 Å². The lowest BCUT2D eigenvalue weighted by Gasteiger charge is -2.33. The molecule has 0 bridgehead atoms. The van der Waals surface area contributed by atoms with E-state index in [2.05, 4.69) is 17.4 Å². The van der Waals surface area contributed by atoms with Crippen LogP contribution in [-0.2, 0) is 22.6 Å². The van der Waals surface area contributed by atoms with Gasteiger partial charge in [-0.25, -0.2) is 0 Å². The molecule has 0 unspecified atom stereocenters. The summed E-state index contributed by atoms with van der Waals surface area (Å²) < 4.78 is 0. The molecule has 4 nitrogen and oxygen atoms in total. The quantitative estimate of drug-likeness (QED) is 0.316. The van der Waals surface area contributed by atoms with Crippen molar-refractivity contribution in [1.82, 2.24) is 10.2 Å². The molecule has 0 saturated heterocycles. The molecular formula is C31H36N2O2S. The van der Waals surface area contributed by atoms with E-state index < -0.39 is 6.04 Å². The Labute approximate surface area is 219 Å². The Balaban J connectivity index is 1.54. The van der Waals surface area contributed by atoms with E-state index in [1.54, 1.807) is 11.8 Å². The number of nitrogens with zero attached hydrogens (tertiary/aromatic N) is 1. The van der Waals surface area contributed by atoms with Crippen LogP contribution in [0.2, 0.25) is 0 Å². The van der Waals surface area contributed by atoms with Crippen LogP contribution in [0.3, 0.4) is 0 Å². The van der Waals surface area contributed by atoms with Gasteiger partial charge in [-0.1, -0.05) is 98.1 Å². The Hall–Kier alpha value is -3.05. The average molecular weight is 501 g/mol. The number of carbonyl (C=O) groups excluding carboxylic acids is 2. The van der Waals surface area contributed by atoms with Gasteiger partial charge in [-0.15, -0.1) is 11.8 Å². The highest BCUT2D eigenvalue weighted by atomic mass is 32.2. The van der Waals surface area contributed by atoms with Crippen molar-refractivity contribution in [3.8, 4) is 0 Å². The smallest absolute Gasteiger partial charge is 0.243 e. The van der Waals surface area contributed by atoms with E-state index in [9.17, 15) is 9.59 Å². The van der Waals surface area contributed by atoms with E-state index in [0.717, 1.165) is 41.7 Å². The topological polar surface area (TPSA) is 49.4 Å². The minimum atomic E-state index is -0.552. The van der Waals surface area contributed by atoms with Gasteiger partial charge in [0.05, 0.1) is 0 Å². The van der Waals surface area contributed by atoms with Crippen LogP contribution in [0, 0.1) is 0 Å². The second-order valence-corrected chi connectivity index (χ2v) is 10.6. The molecule has 1 aliphatic carbocycles. The fraction of sp³-hybridized carbons (Fsp3) is 0.355. The van der Waals surface area contributed by atoms with E-state index in [1.807, 2.05) is 83.8 Å². The highest BCUT2D eigenvalue weighted by Crippen LogP contribution is 2.22. The second kappa shape index (κ2) is 13.9. The van der Waals surface area contributed by atoms with Crippen LogP contribution in [0.25, 0.3) is 0 Å². The molecule has 1 N–H and O–H groups in total. The lowest BCUT2D eigenvalue weighted by Crippen LogP contribution is -2.52. The van der Waals surface area contributed by atoms with Crippen molar-refractivity contribution in [2.45, 2.75) is 68.5 Å². The van der Waals surface area contributed by atoms with Crippen molar-refractivity contribution in [2.24, 2.45) is 0 Å². The molecule has 4 rings (SSSR count). The van der Waals surface area contributed by atoms with E-state index in [4.69, 9.17) is 0 Å². The maximum absolute atomic E-state index is 13.7. The molecule has 1 atom stereocenters. The maximum atomic E-state index is 13.7. The summed E-state index contributed by atoms with van der Waals surface area (Å²) in [6, 6.07) is 29.8. The molecule has 0 spiro atoms. The number of hydrogen-bond donors (Lipinski definition) is 1. The molecule has 0 heterocycles. The first-order valence-corrected chi connectivity index (χ1v) is 14.0. The number of hydrogen-bond acceptors (Lipinski definition) is 3. The zero-order valence-corrected chi connectivity index (χ0v) is 21.7. The third-order valence-electron chi connectivity index (χ3n) is 6.75. The molecule has 3 aromatic carbocycles. The molecule has 0 aliphatic heterocycles. The minimum Gasteiger partial charge on any atom is -0.352 e. The van der Waals surface area contributed by atoms with Crippen LogP contribution in [0.15, 0.2) is 95.9 Å². The number of rotatable bonds is 11. The van der Waals surface area contributed by atoms with Gasteiger partial charge in [0.25, 0.3) is 0 Å². The Morgan fingerprint density at radius 1 is 0.806 bits per heavy atom. The summed E-state index contributed by atoms with van der Waals surface area (Å²) >= 11 is 1.68. The molecular weight excluding hydrogens is 464 g/mol. The Kier molecular flexibility index (Phi) is 10.0. The van der Waals surface area contributed by atoms with E-state index in [0.29, 0.717) is 25.1 Å². The number of nitrogens with one attached hydrogen (secondary N) is 1. The van der Waals surface area contributed by atoms with Crippen LogP contribution in [0.4, 0.5) is 0 Å². The molecule has 1 saturated carbocycles. The molecule has 1 aliphatic rings. The van der Waals surface area contributed by atoms with Crippen molar-refractivity contribution in [3.05, 3.63) is 102 Å². The third kappa shape index (κ3) is 7.99. The summed E-state index contributed by atoms with van der Waals surface area (Å²) in [5.41, 5.74) is 2.09. The van der Waals surface area contributed by atoms with Crippen LogP contribution in [0.1, 0.15) is 49.7 Å². The van der Waals surface area contributed by atoms with E-state index in [1.165, 1.54) is 6.42 Å². The van der Waals surface area contributed by atoms with Crippen molar-refractivity contribution in [1.29, 1.82) is 0 Å².